The normalized spacial score (nSPS) is 10.3. The Morgan fingerprint density at radius 2 is 1.23 bits per heavy atom. The molecule has 35 heavy (non-hydrogen) atoms. The van der Waals surface area contributed by atoms with E-state index < -0.39 is 27.0 Å². The number of hydrogen-bond acceptors (Lipinski definition) is 8. The molecule has 0 saturated carbocycles. The number of carbonyl (C=O) groups excluding carboxylic acids is 1. The number of anilines is 3. The highest BCUT2D eigenvalue weighted by Crippen LogP contribution is 2.41. The van der Waals surface area contributed by atoms with Crippen LogP contribution in [-0.2, 0) is 0 Å². The zero-order valence-corrected chi connectivity index (χ0v) is 18.1. The van der Waals surface area contributed by atoms with E-state index in [1.54, 1.807) is 12.1 Å². The van der Waals surface area contributed by atoms with Crippen molar-refractivity contribution in [3.63, 3.8) is 0 Å². The predicted molar refractivity (Wildman–Crippen MR) is 130 cm³/mol. The molecule has 0 radical (unpaired) electrons. The number of para-hydroxylation sites is 2. The van der Waals surface area contributed by atoms with Gasteiger partial charge < -0.3 is 4.74 Å². The molecule has 10 heteroatoms. The smallest absolute Gasteiger partial charge is 0.319 e. The largest absolute Gasteiger partial charge is 0.444 e. The Morgan fingerprint density at radius 3 is 1.66 bits per heavy atom. The fourth-order valence-corrected chi connectivity index (χ4v) is 3.34. The monoisotopic (exact) mass is 470 g/mol. The highest BCUT2D eigenvalue weighted by Gasteiger charge is 2.29. The van der Waals surface area contributed by atoms with Gasteiger partial charge >= 0.3 is 11.4 Å². The van der Waals surface area contributed by atoms with Crippen molar-refractivity contribution in [3.8, 4) is 11.5 Å². The molecule has 0 aliphatic carbocycles. The number of carbonyl (C=O) groups is 1. The highest BCUT2D eigenvalue weighted by molar-refractivity contribution is 5.81. The van der Waals surface area contributed by atoms with E-state index >= 15 is 0 Å². The molecule has 0 fully saturated rings. The minimum absolute atomic E-state index is 0.145. The number of aldehydes is 1. The third-order valence-electron chi connectivity index (χ3n) is 4.95. The van der Waals surface area contributed by atoms with Crippen LogP contribution in [0, 0.1) is 20.2 Å². The van der Waals surface area contributed by atoms with Crippen LogP contribution in [0.5, 0.6) is 11.5 Å². The molecule has 0 amide bonds. The van der Waals surface area contributed by atoms with Crippen molar-refractivity contribution in [3.05, 3.63) is 123 Å². The summed E-state index contributed by atoms with van der Waals surface area (Å²) in [6, 6.07) is 27.5. The van der Waals surface area contributed by atoms with Crippen molar-refractivity contribution in [2.45, 2.75) is 0 Å². The van der Waals surface area contributed by atoms with E-state index in [4.69, 9.17) is 4.74 Å². The Labute approximate surface area is 199 Å². The molecule has 174 valence electrons. The Hall–Kier alpha value is -5.25. The first-order valence-corrected chi connectivity index (χ1v) is 10.3. The summed E-state index contributed by atoms with van der Waals surface area (Å²) in [7, 11) is 0. The zero-order valence-electron chi connectivity index (χ0n) is 18.1. The van der Waals surface area contributed by atoms with Crippen LogP contribution < -0.4 is 15.2 Å². The molecule has 4 aromatic carbocycles. The third kappa shape index (κ3) is 5.22. The number of hydrogen-bond donors (Lipinski definition) is 1. The fourth-order valence-electron chi connectivity index (χ4n) is 3.34. The van der Waals surface area contributed by atoms with Crippen LogP contribution in [0.2, 0.25) is 0 Å². The zero-order chi connectivity index (χ0) is 24.8. The lowest BCUT2D eigenvalue weighted by Gasteiger charge is -2.26. The molecule has 0 unspecified atom stereocenters. The van der Waals surface area contributed by atoms with Crippen LogP contribution in [0.15, 0.2) is 97.1 Å². The molecule has 0 bridgehead atoms. The summed E-state index contributed by atoms with van der Waals surface area (Å²) in [6.07, 6.45) is 0.301. The summed E-state index contributed by atoms with van der Waals surface area (Å²) in [5.41, 5.74) is 4.20. The number of benzene rings is 4. The Morgan fingerprint density at radius 1 is 0.743 bits per heavy atom. The van der Waals surface area contributed by atoms with Gasteiger partial charge in [-0.2, -0.15) is 0 Å². The molecular formula is C25H18N4O6. The first-order chi connectivity index (χ1) is 17.0. The predicted octanol–water partition coefficient (Wildman–Crippen LogP) is 6.27. The first-order valence-electron chi connectivity index (χ1n) is 10.3. The van der Waals surface area contributed by atoms with Crippen LogP contribution in [0.25, 0.3) is 0 Å². The van der Waals surface area contributed by atoms with Gasteiger partial charge in [0.1, 0.15) is 5.75 Å². The molecule has 4 aromatic rings. The van der Waals surface area contributed by atoms with E-state index in [0.29, 0.717) is 12.0 Å². The molecule has 0 aliphatic heterocycles. The quantitative estimate of drug-likeness (QED) is 0.172. The maximum atomic E-state index is 11.5. The summed E-state index contributed by atoms with van der Waals surface area (Å²) >= 11 is 0. The van der Waals surface area contributed by atoms with Crippen molar-refractivity contribution in [2.24, 2.45) is 0 Å². The molecule has 1 N–H and O–H groups in total. The Bertz CT molecular complexity index is 1290. The summed E-state index contributed by atoms with van der Waals surface area (Å²) < 4.78 is 5.55. The first kappa shape index (κ1) is 22.9. The maximum absolute atomic E-state index is 11.5. The van der Waals surface area contributed by atoms with E-state index in [0.717, 1.165) is 23.5 Å². The van der Waals surface area contributed by atoms with Gasteiger partial charge in [0.05, 0.1) is 26.9 Å². The molecule has 0 aliphatic rings. The second kappa shape index (κ2) is 10.1. The molecule has 0 spiro atoms. The number of rotatable bonds is 9. The van der Waals surface area contributed by atoms with Crippen LogP contribution in [0.3, 0.4) is 0 Å². The number of nitrogens with zero attached hydrogens (tertiary/aromatic N) is 3. The Balaban J connectivity index is 1.63. The van der Waals surface area contributed by atoms with E-state index in [2.05, 4.69) is 5.43 Å². The number of ether oxygens (including phenoxy) is 1. The highest BCUT2D eigenvalue weighted by atomic mass is 16.6. The second-order valence-corrected chi connectivity index (χ2v) is 7.27. The topological polar surface area (TPSA) is 128 Å². The van der Waals surface area contributed by atoms with E-state index in [9.17, 15) is 25.0 Å². The minimum Gasteiger partial charge on any atom is -0.444 e. The number of nitro groups is 2. The van der Waals surface area contributed by atoms with Crippen LogP contribution in [0.4, 0.5) is 28.4 Å². The van der Waals surface area contributed by atoms with Crippen molar-refractivity contribution < 1.29 is 19.4 Å². The summed E-state index contributed by atoms with van der Waals surface area (Å²) in [5.74, 6) is -0.409. The fraction of sp³-hybridized carbons (Fsp3) is 0. The second-order valence-electron chi connectivity index (χ2n) is 7.27. The van der Waals surface area contributed by atoms with Crippen molar-refractivity contribution >= 4 is 34.7 Å². The van der Waals surface area contributed by atoms with E-state index in [-0.39, 0.29) is 11.3 Å². The molecule has 0 aromatic heterocycles. The molecule has 0 saturated heterocycles. The molecule has 0 atom stereocenters. The van der Waals surface area contributed by atoms with Crippen molar-refractivity contribution in [1.82, 2.24) is 0 Å². The van der Waals surface area contributed by atoms with Crippen LogP contribution >= 0.6 is 0 Å². The average Bonchev–Trinajstić information content (AvgIpc) is 2.89. The van der Waals surface area contributed by atoms with Crippen molar-refractivity contribution in [1.29, 1.82) is 0 Å². The Kier molecular flexibility index (Phi) is 6.64. The lowest BCUT2D eigenvalue weighted by atomic mass is 10.1. The summed E-state index contributed by atoms with van der Waals surface area (Å²) in [6.45, 7) is 0. The standard InChI is InChI=1S/C25H18N4O6/c30-17-18-15-23(28(31)32)25(24(16-18)29(33)34)35-22-13-11-19(12-14-22)26-27(20-7-3-1-4-8-20)21-9-5-2-6-10-21/h1-17,26H. The van der Waals surface area contributed by atoms with Gasteiger partial charge in [0.15, 0.2) is 6.29 Å². The number of hydrazine groups is 1. The molecule has 4 rings (SSSR count). The van der Waals surface area contributed by atoms with E-state index in [1.165, 1.54) is 12.1 Å². The number of nitro benzene ring substituents is 2. The molecule has 0 heterocycles. The van der Waals surface area contributed by atoms with Crippen molar-refractivity contribution in [2.75, 3.05) is 10.4 Å². The summed E-state index contributed by atoms with van der Waals surface area (Å²) in [5, 5.41) is 24.8. The average molecular weight is 470 g/mol. The SMILES string of the molecule is O=Cc1cc([N+](=O)[O-])c(Oc2ccc(NN(c3ccccc3)c3ccccc3)cc2)c([N+](=O)[O-])c1. The van der Waals surface area contributed by atoms with Gasteiger partial charge in [0.25, 0.3) is 5.75 Å². The van der Waals surface area contributed by atoms with Gasteiger partial charge in [-0.3, -0.25) is 35.5 Å². The van der Waals surface area contributed by atoms with Gasteiger partial charge in [0.2, 0.25) is 0 Å². The van der Waals surface area contributed by atoms with Gasteiger partial charge in [-0.15, -0.1) is 0 Å². The number of nitrogens with one attached hydrogen (secondary N) is 1. The molecular weight excluding hydrogens is 452 g/mol. The van der Waals surface area contributed by atoms with Gasteiger partial charge in [-0.1, -0.05) is 36.4 Å². The van der Waals surface area contributed by atoms with Gasteiger partial charge in [0, 0.05) is 17.7 Å². The van der Waals surface area contributed by atoms with Gasteiger partial charge in [-0.25, -0.2) is 0 Å². The van der Waals surface area contributed by atoms with Crippen LogP contribution in [0.1, 0.15) is 10.4 Å². The summed E-state index contributed by atoms with van der Waals surface area (Å²) in [4.78, 5) is 32.3. The third-order valence-corrected chi connectivity index (χ3v) is 4.95. The lowest BCUT2D eigenvalue weighted by Crippen LogP contribution is -2.24. The lowest BCUT2D eigenvalue weighted by molar-refractivity contribution is -0.395. The van der Waals surface area contributed by atoms with Gasteiger partial charge in [-0.05, 0) is 48.5 Å². The van der Waals surface area contributed by atoms with Crippen LogP contribution in [-0.4, -0.2) is 16.1 Å². The van der Waals surface area contributed by atoms with E-state index in [1.807, 2.05) is 65.7 Å². The minimum atomic E-state index is -0.831. The maximum Gasteiger partial charge on any atom is 0.319 e. The molecule has 10 nitrogen and oxygen atoms in total.